The summed E-state index contributed by atoms with van der Waals surface area (Å²) in [6.45, 7) is 4.39. The Morgan fingerprint density at radius 2 is 1.58 bits per heavy atom. The van der Waals surface area contributed by atoms with E-state index in [9.17, 15) is 9.59 Å². The molecule has 0 saturated carbocycles. The lowest BCUT2D eigenvalue weighted by Gasteiger charge is -2.35. The lowest BCUT2D eigenvalue weighted by atomic mass is 10.1. The van der Waals surface area contributed by atoms with Crippen molar-refractivity contribution in [1.29, 1.82) is 0 Å². The van der Waals surface area contributed by atoms with Crippen LogP contribution < -0.4 is 4.90 Å². The van der Waals surface area contributed by atoms with Crippen LogP contribution in [0.15, 0.2) is 42.5 Å². The first-order valence-electron chi connectivity index (χ1n) is 8.28. The molecule has 2 aromatic carbocycles. The molecule has 24 heavy (non-hydrogen) atoms. The summed E-state index contributed by atoms with van der Waals surface area (Å²) in [4.78, 5) is 29.6. The van der Waals surface area contributed by atoms with E-state index in [1.807, 2.05) is 41.1 Å². The third kappa shape index (κ3) is 3.35. The van der Waals surface area contributed by atoms with Gasteiger partial charge >= 0.3 is 0 Å². The highest BCUT2D eigenvalue weighted by Crippen LogP contribution is 2.25. The molecule has 0 N–H and O–H groups in total. The molecule has 2 amide bonds. The molecule has 0 atom stereocenters. The van der Waals surface area contributed by atoms with Crippen molar-refractivity contribution in [2.24, 2.45) is 0 Å². The van der Waals surface area contributed by atoms with Gasteiger partial charge in [0.15, 0.2) is 0 Å². The predicted octanol–water partition coefficient (Wildman–Crippen LogP) is 1.97. The normalized spacial score (nSPS) is 14.8. The van der Waals surface area contributed by atoms with Crippen LogP contribution in [0.3, 0.4) is 0 Å². The summed E-state index contributed by atoms with van der Waals surface area (Å²) in [5.74, 6) is 0.184. The minimum absolute atomic E-state index is 0.0787. The molecule has 1 heterocycles. The second kappa shape index (κ2) is 6.91. The average Bonchev–Trinajstić information content (AvgIpc) is 2.61. The number of carbonyl (C=O) groups excluding carboxylic acids is 2. The number of hydrogen-bond donors (Lipinski definition) is 0. The van der Waals surface area contributed by atoms with E-state index in [-0.39, 0.29) is 11.8 Å². The number of nitrogens with zero attached hydrogens (tertiary/aromatic N) is 3. The van der Waals surface area contributed by atoms with Gasteiger partial charge in [0.1, 0.15) is 0 Å². The fourth-order valence-corrected chi connectivity index (χ4v) is 3.20. The van der Waals surface area contributed by atoms with Gasteiger partial charge in [0.25, 0.3) is 0 Å². The molecule has 5 nitrogen and oxygen atoms in total. The van der Waals surface area contributed by atoms with Crippen LogP contribution in [0.4, 0.5) is 5.69 Å². The number of piperazine rings is 1. The largest absolute Gasteiger partial charge is 0.365 e. The number of amides is 2. The quantitative estimate of drug-likeness (QED) is 0.866. The van der Waals surface area contributed by atoms with Crippen molar-refractivity contribution in [3.8, 4) is 0 Å². The summed E-state index contributed by atoms with van der Waals surface area (Å²) in [5, 5.41) is 2.32. The highest BCUT2D eigenvalue weighted by molar-refractivity contribution is 5.95. The van der Waals surface area contributed by atoms with Crippen molar-refractivity contribution < 1.29 is 9.59 Å². The number of anilines is 1. The molecule has 1 aliphatic heterocycles. The zero-order valence-corrected chi connectivity index (χ0v) is 14.2. The fourth-order valence-electron chi connectivity index (χ4n) is 3.20. The van der Waals surface area contributed by atoms with Gasteiger partial charge in [0.2, 0.25) is 11.8 Å². The summed E-state index contributed by atoms with van der Waals surface area (Å²) >= 11 is 0. The Kier molecular flexibility index (Phi) is 4.69. The summed E-state index contributed by atoms with van der Waals surface area (Å²) in [6, 6.07) is 14.3. The molecular weight excluding hydrogens is 302 g/mol. The zero-order valence-electron chi connectivity index (χ0n) is 14.2. The Morgan fingerprint density at radius 3 is 2.29 bits per heavy atom. The maximum atomic E-state index is 12.6. The van der Waals surface area contributed by atoms with Gasteiger partial charge < -0.3 is 14.7 Å². The number of benzene rings is 2. The van der Waals surface area contributed by atoms with Crippen LogP contribution in [0.1, 0.15) is 6.92 Å². The Balaban J connectivity index is 1.67. The number of hydrogen-bond acceptors (Lipinski definition) is 3. The minimum Gasteiger partial charge on any atom is -0.365 e. The Labute approximate surface area is 142 Å². The van der Waals surface area contributed by atoms with E-state index < -0.39 is 0 Å². The summed E-state index contributed by atoms with van der Waals surface area (Å²) < 4.78 is 0. The second-order valence-corrected chi connectivity index (χ2v) is 6.24. The van der Waals surface area contributed by atoms with Crippen molar-refractivity contribution in [3.63, 3.8) is 0 Å². The first kappa shape index (κ1) is 16.3. The van der Waals surface area contributed by atoms with Gasteiger partial charge in [-0.1, -0.05) is 36.4 Å². The molecule has 0 radical (unpaired) electrons. The molecule has 0 spiro atoms. The van der Waals surface area contributed by atoms with Crippen LogP contribution in [0.5, 0.6) is 0 Å². The topological polar surface area (TPSA) is 43.9 Å². The predicted molar refractivity (Wildman–Crippen MR) is 96.1 cm³/mol. The number of rotatable bonds is 3. The summed E-state index contributed by atoms with van der Waals surface area (Å²) in [6.07, 6.45) is 0. The van der Waals surface area contributed by atoms with Gasteiger partial charge in [-0.2, -0.15) is 0 Å². The first-order valence-corrected chi connectivity index (χ1v) is 8.28. The zero-order chi connectivity index (χ0) is 17.1. The van der Waals surface area contributed by atoms with Gasteiger partial charge in [-0.15, -0.1) is 0 Å². The Hall–Kier alpha value is -2.56. The molecule has 0 bridgehead atoms. The molecule has 1 fully saturated rings. The van der Waals surface area contributed by atoms with E-state index in [1.54, 1.807) is 11.8 Å². The summed E-state index contributed by atoms with van der Waals surface area (Å²) in [7, 11) is 1.95. The van der Waals surface area contributed by atoms with E-state index in [1.165, 1.54) is 5.39 Å². The van der Waals surface area contributed by atoms with Crippen molar-refractivity contribution >= 4 is 28.3 Å². The van der Waals surface area contributed by atoms with Crippen molar-refractivity contribution in [2.45, 2.75) is 6.92 Å². The van der Waals surface area contributed by atoms with Gasteiger partial charge in [-0.05, 0) is 11.5 Å². The van der Waals surface area contributed by atoms with E-state index in [0.717, 1.165) is 11.1 Å². The van der Waals surface area contributed by atoms with E-state index in [4.69, 9.17) is 0 Å². The van der Waals surface area contributed by atoms with Crippen LogP contribution in [-0.2, 0) is 9.59 Å². The van der Waals surface area contributed by atoms with Crippen LogP contribution in [-0.4, -0.2) is 61.4 Å². The van der Waals surface area contributed by atoms with Crippen molar-refractivity contribution in [3.05, 3.63) is 42.5 Å². The average molecular weight is 325 g/mol. The second-order valence-electron chi connectivity index (χ2n) is 6.24. The van der Waals surface area contributed by atoms with E-state index >= 15 is 0 Å². The SMILES string of the molecule is CC(=O)N1CCN(C(=O)CN(C)c2cccc3ccccc23)CC1. The van der Waals surface area contributed by atoms with Gasteiger partial charge in [0, 0.05) is 51.2 Å². The molecular formula is C19H23N3O2. The third-order valence-electron chi connectivity index (χ3n) is 4.63. The fraction of sp³-hybridized carbons (Fsp3) is 0.368. The van der Waals surface area contributed by atoms with Gasteiger partial charge in [0.05, 0.1) is 6.54 Å². The van der Waals surface area contributed by atoms with Crippen molar-refractivity contribution in [1.82, 2.24) is 9.80 Å². The lowest BCUT2D eigenvalue weighted by molar-refractivity contribution is -0.137. The van der Waals surface area contributed by atoms with Crippen LogP contribution >= 0.6 is 0 Å². The molecule has 0 aromatic heterocycles. The molecule has 0 unspecified atom stereocenters. The maximum Gasteiger partial charge on any atom is 0.242 e. The van der Waals surface area contributed by atoms with Gasteiger partial charge in [-0.3, -0.25) is 9.59 Å². The molecule has 126 valence electrons. The maximum absolute atomic E-state index is 12.6. The molecule has 5 heteroatoms. The monoisotopic (exact) mass is 325 g/mol. The van der Waals surface area contributed by atoms with E-state index in [0.29, 0.717) is 32.7 Å². The third-order valence-corrected chi connectivity index (χ3v) is 4.63. The standard InChI is InChI=1S/C19H23N3O2/c1-15(23)21-10-12-22(13-11-21)19(24)14-20(2)18-9-5-7-16-6-3-4-8-17(16)18/h3-9H,10-14H2,1-2H3. The molecule has 2 aromatic rings. The molecule has 1 saturated heterocycles. The number of carbonyl (C=O) groups is 2. The minimum atomic E-state index is 0.0787. The highest BCUT2D eigenvalue weighted by atomic mass is 16.2. The molecule has 1 aliphatic rings. The Bertz CT molecular complexity index is 746. The van der Waals surface area contributed by atoms with Crippen LogP contribution in [0, 0.1) is 0 Å². The number of fused-ring (bicyclic) bond motifs is 1. The highest BCUT2D eigenvalue weighted by Gasteiger charge is 2.23. The molecule has 3 rings (SSSR count). The van der Waals surface area contributed by atoms with Crippen molar-refractivity contribution in [2.75, 3.05) is 44.7 Å². The van der Waals surface area contributed by atoms with Crippen LogP contribution in [0.25, 0.3) is 10.8 Å². The summed E-state index contributed by atoms with van der Waals surface area (Å²) in [5.41, 5.74) is 1.06. The lowest BCUT2D eigenvalue weighted by Crippen LogP contribution is -2.52. The van der Waals surface area contributed by atoms with Crippen LogP contribution in [0.2, 0.25) is 0 Å². The van der Waals surface area contributed by atoms with E-state index in [2.05, 4.69) is 18.2 Å². The number of likely N-dealkylation sites (N-methyl/N-ethyl adjacent to an activating group) is 1. The smallest absolute Gasteiger partial charge is 0.242 e. The Morgan fingerprint density at radius 1 is 0.958 bits per heavy atom. The first-order chi connectivity index (χ1) is 11.6. The molecule has 0 aliphatic carbocycles. The van der Waals surface area contributed by atoms with Gasteiger partial charge in [-0.25, -0.2) is 0 Å².